The summed E-state index contributed by atoms with van der Waals surface area (Å²) < 4.78 is 0. The van der Waals surface area contributed by atoms with Gasteiger partial charge in [0.05, 0.1) is 6.07 Å². The molecule has 2 fully saturated rings. The number of hydrogen-bond donors (Lipinski definition) is 0. The highest BCUT2D eigenvalue weighted by Gasteiger charge is 2.36. The lowest BCUT2D eigenvalue weighted by Crippen LogP contribution is -2.18. The second kappa shape index (κ2) is 3.47. The predicted octanol–water partition coefficient (Wildman–Crippen LogP) is 3.12. The van der Waals surface area contributed by atoms with Crippen LogP contribution in [0.15, 0.2) is 0 Å². The topological polar surface area (TPSA) is 23.8 Å². The molecule has 0 N–H and O–H groups in total. The molecular formula is C11H17N. The lowest BCUT2D eigenvalue weighted by Gasteiger charge is -2.28. The summed E-state index contributed by atoms with van der Waals surface area (Å²) in [6.07, 6.45) is 9.30. The molecule has 3 atom stereocenters. The van der Waals surface area contributed by atoms with Gasteiger partial charge >= 0.3 is 0 Å². The average Bonchev–Trinajstić information content (AvgIpc) is 2.50. The Bertz CT molecular complexity index is 192. The minimum Gasteiger partial charge on any atom is -0.198 e. The van der Waals surface area contributed by atoms with Crippen molar-refractivity contribution in [3.63, 3.8) is 0 Å². The third-order valence-electron chi connectivity index (χ3n) is 3.84. The highest BCUT2D eigenvalue weighted by molar-refractivity contribution is 4.91. The van der Waals surface area contributed by atoms with Gasteiger partial charge in [-0.25, -0.2) is 0 Å². The van der Waals surface area contributed by atoms with Crippen molar-refractivity contribution in [2.45, 2.75) is 44.9 Å². The summed E-state index contributed by atoms with van der Waals surface area (Å²) in [7, 11) is 0. The summed E-state index contributed by atoms with van der Waals surface area (Å²) >= 11 is 0. The maximum absolute atomic E-state index is 8.67. The number of nitrogens with zero attached hydrogens (tertiary/aromatic N) is 1. The van der Waals surface area contributed by atoms with Crippen molar-refractivity contribution in [3.8, 4) is 6.07 Å². The monoisotopic (exact) mass is 163 g/mol. The number of hydrogen-bond acceptors (Lipinski definition) is 1. The fourth-order valence-corrected chi connectivity index (χ4v) is 3.23. The largest absolute Gasteiger partial charge is 0.198 e. The molecule has 12 heavy (non-hydrogen) atoms. The summed E-state index contributed by atoms with van der Waals surface area (Å²) in [4.78, 5) is 0. The Labute approximate surface area is 74.8 Å². The van der Waals surface area contributed by atoms with Crippen molar-refractivity contribution in [2.24, 2.45) is 17.8 Å². The zero-order valence-electron chi connectivity index (χ0n) is 7.63. The lowest BCUT2D eigenvalue weighted by atomic mass is 9.77. The molecule has 2 saturated carbocycles. The van der Waals surface area contributed by atoms with Crippen LogP contribution >= 0.6 is 0 Å². The number of nitriles is 1. The minimum atomic E-state index is 0.764. The van der Waals surface area contributed by atoms with Gasteiger partial charge in [-0.1, -0.05) is 19.3 Å². The van der Waals surface area contributed by atoms with Crippen LogP contribution in [0.2, 0.25) is 0 Å². The standard InChI is InChI=1S/C11H17N/c12-8-7-10-6-5-9-3-1-2-4-11(9)10/h9-11H,1-7H2. The second-order valence-electron chi connectivity index (χ2n) is 4.41. The zero-order chi connectivity index (χ0) is 8.39. The molecule has 3 unspecified atom stereocenters. The third-order valence-corrected chi connectivity index (χ3v) is 3.84. The van der Waals surface area contributed by atoms with E-state index in [4.69, 9.17) is 5.26 Å². The third kappa shape index (κ3) is 1.35. The van der Waals surface area contributed by atoms with Gasteiger partial charge < -0.3 is 0 Å². The molecule has 0 aromatic heterocycles. The highest BCUT2D eigenvalue weighted by atomic mass is 14.4. The van der Waals surface area contributed by atoms with Crippen molar-refractivity contribution in [1.29, 1.82) is 5.26 Å². The molecule has 0 aromatic carbocycles. The Hall–Kier alpha value is -0.510. The summed E-state index contributed by atoms with van der Waals surface area (Å²) in [5.41, 5.74) is 0. The molecular weight excluding hydrogens is 146 g/mol. The molecule has 1 heteroatoms. The van der Waals surface area contributed by atoms with E-state index in [2.05, 4.69) is 6.07 Å². The van der Waals surface area contributed by atoms with Crippen molar-refractivity contribution < 1.29 is 0 Å². The van der Waals surface area contributed by atoms with E-state index >= 15 is 0 Å². The Morgan fingerprint density at radius 2 is 1.92 bits per heavy atom. The lowest BCUT2D eigenvalue weighted by molar-refractivity contribution is 0.230. The molecule has 0 radical (unpaired) electrons. The van der Waals surface area contributed by atoms with Gasteiger partial charge in [-0.2, -0.15) is 5.26 Å². The molecule has 2 aliphatic rings. The summed E-state index contributed by atoms with van der Waals surface area (Å²) in [6, 6.07) is 2.34. The fraction of sp³-hybridized carbons (Fsp3) is 0.909. The Morgan fingerprint density at radius 3 is 2.75 bits per heavy atom. The SMILES string of the molecule is N#CCC1CCC2CCCCC12. The van der Waals surface area contributed by atoms with E-state index in [0.29, 0.717) is 0 Å². The van der Waals surface area contributed by atoms with Crippen molar-refractivity contribution >= 4 is 0 Å². The van der Waals surface area contributed by atoms with Gasteiger partial charge in [-0.3, -0.25) is 0 Å². The molecule has 2 rings (SSSR count). The van der Waals surface area contributed by atoms with Gasteiger partial charge in [-0.05, 0) is 37.0 Å². The smallest absolute Gasteiger partial charge is 0.0624 e. The van der Waals surface area contributed by atoms with E-state index in [-0.39, 0.29) is 0 Å². The summed E-state index contributed by atoms with van der Waals surface area (Å²) in [5, 5.41) is 8.67. The molecule has 0 heterocycles. The van der Waals surface area contributed by atoms with E-state index in [1.807, 2.05) is 0 Å². The van der Waals surface area contributed by atoms with Gasteiger partial charge in [-0.15, -0.1) is 0 Å². The molecule has 2 aliphatic carbocycles. The first kappa shape index (κ1) is 8.10. The van der Waals surface area contributed by atoms with E-state index < -0.39 is 0 Å². The molecule has 66 valence electrons. The molecule has 1 nitrogen and oxygen atoms in total. The Kier molecular flexibility index (Phi) is 2.35. The van der Waals surface area contributed by atoms with Crippen LogP contribution in [-0.2, 0) is 0 Å². The molecule has 0 amide bonds. The van der Waals surface area contributed by atoms with Gasteiger partial charge in [0.15, 0.2) is 0 Å². The maximum Gasteiger partial charge on any atom is 0.0624 e. The second-order valence-corrected chi connectivity index (χ2v) is 4.41. The quantitative estimate of drug-likeness (QED) is 0.582. The highest BCUT2D eigenvalue weighted by Crippen LogP contribution is 2.46. The van der Waals surface area contributed by atoms with Crippen LogP contribution in [-0.4, -0.2) is 0 Å². The van der Waals surface area contributed by atoms with Crippen molar-refractivity contribution in [2.75, 3.05) is 0 Å². The average molecular weight is 163 g/mol. The fourth-order valence-electron chi connectivity index (χ4n) is 3.23. The van der Waals surface area contributed by atoms with Gasteiger partial charge in [0, 0.05) is 6.42 Å². The normalized spacial score (nSPS) is 40.4. The van der Waals surface area contributed by atoms with Gasteiger partial charge in [0.25, 0.3) is 0 Å². The first-order valence-corrected chi connectivity index (χ1v) is 5.29. The number of fused-ring (bicyclic) bond motifs is 1. The van der Waals surface area contributed by atoms with E-state index in [1.165, 1.54) is 38.5 Å². The van der Waals surface area contributed by atoms with Crippen LogP contribution < -0.4 is 0 Å². The minimum absolute atomic E-state index is 0.764. The van der Waals surface area contributed by atoms with Crippen molar-refractivity contribution in [1.82, 2.24) is 0 Å². The molecule has 0 saturated heterocycles. The van der Waals surface area contributed by atoms with Crippen LogP contribution in [0, 0.1) is 29.1 Å². The van der Waals surface area contributed by atoms with Gasteiger partial charge in [0.2, 0.25) is 0 Å². The Balaban J connectivity index is 1.97. The molecule has 0 spiro atoms. The van der Waals surface area contributed by atoms with Crippen LogP contribution in [0.1, 0.15) is 44.9 Å². The molecule has 0 aromatic rings. The van der Waals surface area contributed by atoms with Crippen LogP contribution in [0.25, 0.3) is 0 Å². The maximum atomic E-state index is 8.67. The Morgan fingerprint density at radius 1 is 1.08 bits per heavy atom. The molecule has 0 aliphatic heterocycles. The number of rotatable bonds is 1. The van der Waals surface area contributed by atoms with Gasteiger partial charge in [0.1, 0.15) is 0 Å². The van der Waals surface area contributed by atoms with Crippen molar-refractivity contribution in [3.05, 3.63) is 0 Å². The first-order chi connectivity index (χ1) is 5.92. The van der Waals surface area contributed by atoms with Crippen LogP contribution in [0.4, 0.5) is 0 Å². The van der Waals surface area contributed by atoms with E-state index in [9.17, 15) is 0 Å². The van der Waals surface area contributed by atoms with Crippen LogP contribution in [0.5, 0.6) is 0 Å². The summed E-state index contributed by atoms with van der Waals surface area (Å²) in [6.45, 7) is 0. The van der Waals surface area contributed by atoms with E-state index in [1.54, 1.807) is 0 Å². The predicted molar refractivity (Wildman–Crippen MR) is 48.4 cm³/mol. The zero-order valence-corrected chi connectivity index (χ0v) is 7.63. The van der Waals surface area contributed by atoms with Crippen LogP contribution in [0.3, 0.4) is 0 Å². The first-order valence-electron chi connectivity index (χ1n) is 5.29. The summed E-state index contributed by atoms with van der Waals surface area (Å²) in [5.74, 6) is 2.69. The van der Waals surface area contributed by atoms with E-state index in [0.717, 1.165) is 24.2 Å². The molecule has 0 bridgehead atoms.